The lowest BCUT2D eigenvalue weighted by molar-refractivity contribution is 0.578. The van der Waals surface area contributed by atoms with Crippen molar-refractivity contribution in [3.63, 3.8) is 0 Å². The molecule has 2 aromatic rings. The van der Waals surface area contributed by atoms with Gasteiger partial charge >= 0.3 is 0 Å². The van der Waals surface area contributed by atoms with Gasteiger partial charge in [-0.3, -0.25) is 0 Å². The van der Waals surface area contributed by atoms with Gasteiger partial charge in [0.15, 0.2) is 11.0 Å². The van der Waals surface area contributed by atoms with Crippen LogP contribution in [0.3, 0.4) is 0 Å². The standard InChI is InChI=1S/C7H4ClFN4S/c8-6-12-3-4(9)5(13-6)14-7-10-1-2-11-7/h1-3H,(H,10,11). The molecule has 14 heavy (non-hydrogen) atoms. The second-order valence-electron chi connectivity index (χ2n) is 2.29. The van der Waals surface area contributed by atoms with E-state index in [0.717, 1.165) is 18.0 Å². The zero-order valence-electron chi connectivity index (χ0n) is 6.74. The minimum absolute atomic E-state index is 0.0143. The van der Waals surface area contributed by atoms with E-state index < -0.39 is 5.82 Å². The van der Waals surface area contributed by atoms with Crippen LogP contribution in [-0.4, -0.2) is 19.9 Å². The van der Waals surface area contributed by atoms with E-state index in [2.05, 4.69) is 19.9 Å². The molecule has 0 unspecified atom stereocenters. The lowest BCUT2D eigenvalue weighted by Gasteiger charge is -1.98. The molecule has 0 radical (unpaired) electrons. The minimum Gasteiger partial charge on any atom is -0.339 e. The average Bonchev–Trinajstić information content (AvgIpc) is 2.64. The Morgan fingerprint density at radius 1 is 1.43 bits per heavy atom. The molecule has 0 fully saturated rings. The van der Waals surface area contributed by atoms with Crippen molar-refractivity contribution in [2.24, 2.45) is 0 Å². The van der Waals surface area contributed by atoms with Gasteiger partial charge in [-0.1, -0.05) is 0 Å². The van der Waals surface area contributed by atoms with Crippen LogP contribution >= 0.6 is 23.4 Å². The van der Waals surface area contributed by atoms with E-state index in [1.54, 1.807) is 12.4 Å². The maximum Gasteiger partial charge on any atom is 0.223 e. The van der Waals surface area contributed by atoms with Crippen LogP contribution in [0.15, 0.2) is 28.8 Å². The highest BCUT2D eigenvalue weighted by Gasteiger charge is 2.08. The van der Waals surface area contributed by atoms with Gasteiger partial charge in [-0.25, -0.2) is 19.3 Å². The molecule has 0 aromatic carbocycles. The summed E-state index contributed by atoms with van der Waals surface area (Å²) in [4.78, 5) is 14.0. The van der Waals surface area contributed by atoms with Crippen LogP contribution in [0.25, 0.3) is 0 Å². The van der Waals surface area contributed by atoms with Crippen LogP contribution in [0.4, 0.5) is 4.39 Å². The van der Waals surface area contributed by atoms with E-state index in [0.29, 0.717) is 5.16 Å². The fourth-order valence-corrected chi connectivity index (χ4v) is 1.69. The van der Waals surface area contributed by atoms with Gasteiger partial charge in [-0.2, -0.15) is 0 Å². The summed E-state index contributed by atoms with van der Waals surface area (Å²) in [6, 6.07) is 0. The number of rotatable bonds is 2. The quantitative estimate of drug-likeness (QED) is 0.635. The third-order valence-electron chi connectivity index (χ3n) is 1.35. The zero-order chi connectivity index (χ0) is 9.97. The van der Waals surface area contributed by atoms with E-state index >= 15 is 0 Å². The third kappa shape index (κ3) is 2.02. The second kappa shape index (κ2) is 3.93. The maximum absolute atomic E-state index is 13.1. The van der Waals surface area contributed by atoms with Crippen molar-refractivity contribution in [3.8, 4) is 0 Å². The predicted octanol–water partition coefficient (Wildman–Crippen LogP) is 2.14. The largest absolute Gasteiger partial charge is 0.339 e. The fourth-order valence-electron chi connectivity index (χ4n) is 0.801. The molecule has 4 nitrogen and oxygen atoms in total. The number of aromatic nitrogens is 4. The van der Waals surface area contributed by atoms with Crippen LogP contribution in [0.2, 0.25) is 5.28 Å². The fraction of sp³-hybridized carbons (Fsp3) is 0. The van der Waals surface area contributed by atoms with E-state index in [1.807, 2.05) is 0 Å². The molecule has 2 heterocycles. The summed E-state index contributed by atoms with van der Waals surface area (Å²) in [7, 11) is 0. The molecule has 0 atom stereocenters. The molecule has 0 aliphatic heterocycles. The van der Waals surface area contributed by atoms with Crippen LogP contribution in [0, 0.1) is 5.82 Å². The van der Waals surface area contributed by atoms with E-state index in [-0.39, 0.29) is 10.3 Å². The van der Waals surface area contributed by atoms with Crippen molar-refractivity contribution < 1.29 is 4.39 Å². The first-order chi connectivity index (χ1) is 6.75. The zero-order valence-corrected chi connectivity index (χ0v) is 8.31. The smallest absolute Gasteiger partial charge is 0.223 e. The van der Waals surface area contributed by atoms with Crippen LogP contribution in [-0.2, 0) is 0 Å². The predicted molar refractivity (Wildman–Crippen MR) is 49.7 cm³/mol. The first-order valence-electron chi connectivity index (χ1n) is 3.61. The number of hydrogen-bond acceptors (Lipinski definition) is 4. The highest BCUT2D eigenvalue weighted by molar-refractivity contribution is 7.99. The lowest BCUT2D eigenvalue weighted by Crippen LogP contribution is -1.90. The normalized spacial score (nSPS) is 10.4. The Balaban J connectivity index is 2.28. The maximum atomic E-state index is 13.1. The number of nitrogens with zero attached hydrogens (tertiary/aromatic N) is 3. The van der Waals surface area contributed by atoms with Gasteiger partial charge in [0.2, 0.25) is 5.28 Å². The Morgan fingerprint density at radius 2 is 2.29 bits per heavy atom. The van der Waals surface area contributed by atoms with Crippen molar-refractivity contribution in [1.29, 1.82) is 0 Å². The van der Waals surface area contributed by atoms with Gasteiger partial charge < -0.3 is 4.98 Å². The van der Waals surface area contributed by atoms with E-state index in [1.165, 1.54) is 0 Å². The van der Waals surface area contributed by atoms with Gasteiger partial charge in [-0.15, -0.1) is 0 Å². The summed E-state index contributed by atoms with van der Waals surface area (Å²) in [5.41, 5.74) is 0. The molecule has 2 aromatic heterocycles. The van der Waals surface area contributed by atoms with Gasteiger partial charge in [0, 0.05) is 12.4 Å². The minimum atomic E-state index is -0.518. The number of imidazole rings is 1. The number of aromatic amines is 1. The van der Waals surface area contributed by atoms with Crippen LogP contribution in [0.5, 0.6) is 0 Å². The highest BCUT2D eigenvalue weighted by Crippen LogP contribution is 2.25. The first-order valence-corrected chi connectivity index (χ1v) is 4.80. The monoisotopic (exact) mass is 230 g/mol. The highest BCUT2D eigenvalue weighted by atomic mass is 35.5. The van der Waals surface area contributed by atoms with E-state index in [4.69, 9.17) is 11.6 Å². The summed E-state index contributed by atoms with van der Waals surface area (Å²) >= 11 is 6.58. The SMILES string of the molecule is Fc1cnc(Cl)nc1Sc1ncc[nH]1. The molecule has 0 bridgehead atoms. The molecule has 0 spiro atoms. The van der Waals surface area contributed by atoms with Crippen LogP contribution in [0.1, 0.15) is 0 Å². The first kappa shape index (κ1) is 9.42. The Morgan fingerprint density at radius 3 is 3.00 bits per heavy atom. The summed E-state index contributed by atoms with van der Waals surface area (Å²) in [6.45, 7) is 0. The van der Waals surface area contributed by atoms with Crippen LogP contribution < -0.4 is 0 Å². The molecule has 0 amide bonds. The Hall–Kier alpha value is -1.14. The Bertz CT molecular complexity index is 433. The summed E-state index contributed by atoms with van der Waals surface area (Å²) in [5, 5.41) is 0.721. The number of H-pyrrole nitrogens is 1. The average molecular weight is 231 g/mol. The Kier molecular flexibility index (Phi) is 2.64. The number of hydrogen-bond donors (Lipinski definition) is 1. The van der Waals surface area contributed by atoms with E-state index in [9.17, 15) is 4.39 Å². The number of halogens is 2. The number of nitrogens with one attached hydrogen (secondary N) is 1. The summed E-state index contributed by atoms with van der Waals surface area (Å²) < 4.78 is 13.1. The van der Waals surface area contributed by atoms with Crippen molar-refractivity contribution in [2.45, 2.75) is 10.2 Å². The second-order valence-corrected chi connectivity index (χ2v) is 3.60. The van der Waals surface area contributed by atoms with Gasteiger partial charge in [0.1, 0.15) is 5.03 Å². The molecule has 0 saturated heterocycles. The van der Waals surface area contributed by atoms with Crippen molar-refractivity contribution >= 4 is 23.4 Å². The van der Waals surface area contributed by atoms with Gasteiger partial charge in [0.05, 0.1) is 6.20 Å². The lowest BCUT2D eigenvalue weighted by atomic mass is 10.6. The molecule has 7 heteroatoms. The molecule has 1 N–H and O–H groups in total. The van der Waals surface area contributed by atoms with Crippen molar-refractivity contribution in [1.82, 2.24) is 19.9 Å². The van der Waals surface area contributed by atoms with Crippen molar-refractivity contribution in [2.75, 3.05) is 0 Å². The molecule has 0 saturated carbocycles. The third-order valence-corrected chi connectivity index (χ3v) is 2.43. The van der Waals surface area contributed by atoms with Crippen molar-refractivity contribution in [3.05, 3.63) is 29.7 Å². The summed E-state index contributed by atoms with van der Waals surface area (Å²) in [6.07, 6.45) is 4.24. The molecular formula is C7H4ClFN4S. The molecular weight excluding hydrogens is 227 g/mol. The topological polar surface area (TPSA) is 54.5 Å². The molecule has 72 valence electrons. The van der Waals surface area contributed by atoms with Gasteiger partial charge in [0.25, 0.3) is 0 Å². The molecule has 0 aliphatic rings. The molecule has 2 rings (SSSR count). The Labute approximate surface area is 87.9 Å². The van der Waals surface area contributed by atoms with Gasteiger partial charge in [-0.05, 0) is 23.4 Å². The summed E-state index contributed by atoms with van der Waals surface area (Å²) in [5.74, 6) is -0.518. The molecule has 0 aliphatic carbocycles.